The Morgan fingerprint density at radius 2 is 1.95 bits per heavy atom. The van der Waals surface area contributed by atoms with E-state index in [1.165, 1.54) is 0 Å². The Morgan fingerprint density at radius 1 is 1.32 bits per heavy atom. The summed E-state index contributed by atoms with van der Waals surface area (Å²) in [5.41, 5.74) is -1.56. The Hall–Kier alpha value is -1.86. The standard InChI is InChI=1S/C11H12F3N3O2/c12-11(13,14)9-6-5-8(17(18)19)10(16-9)15-7-3-1-2-4-7/h5-7H,1-4H2,(H,15,16). The van der Waals surface area contributed by atoms with E-state index in [-0.39, 0.29) is 11.9 Å². The Labute approximate surface area is 107 Å². The van der Waals surface area contributed by atoms with E-state index in [2.05, 4.69) is 10.3 Å². The van der Waals surface area contributed by atoms with Crippen LogP contribution in [0.15, 0.2) is 12.1 Å². The van der Waals surface area contributed by atoms with Gasteiger partial charge in [-0.05, 0) is 18.9 Å². The molecule has 104 valence electrons. The fourth-order valence-electron chi connectivity index (χ4n) is 2.13. The van der Waals surface area contributed by atoms with Gasteiger partial charge in [0.1, 0.15) is 5.69 Å². The second kappa shape index (κ2) is 5.02. The molecule has 19 heavy (non-hydrogen) atoms. The fourth-order valence-corrected chi connectivity index (χ4v) is 2.13. The summed E-state index contributed by atoms with van der Waals surface area (Å²) in [5.74, 6) is -0.299. The SMILES string of the molecule is O=[N+]([O-])c1ccc(C(F)(F)F)nc1NC1CCCC1. The zero-order chi connectivity index (χ0) is 14.0. The smallest absolute Gasteiger partial charge is 0.362 e. The van der Waals surface area contributed by atoms with Gasteiger partial charge in [0, 0.05) is 12.1 Å². The average Bonchev–Trinajstić information content (AvgIpc) is 2.80. The maximum absolute atomic E-state index is 12.6. The molecule has 0 bridgehead atoms. The maximum Gasteiger partial charge on any atom is 0.433 e. The van der Waals surface area contributed by atoms with Crippen molar-refractivity contribution in [2.75, 3.05) is 5.32 Å². The van der Waals surface area contributed by atoms with E-state index in [9.17, 15) is 23.3 Å². The molecule has 5 nitrogen and oxygen atoms in total. The number of nitrogens with one attached hydrogen (secondary N) is 1. The molecule has 1 aliphatic carbocycles. The molecule has 8 heteroatoms. The maximum atomic E-state index is 12.6. The first-order valence-electron chi connectivity index (χ1n) is 5.87. The molecule has 1 heterocycles. The van der Waals surface area contributed by atoms with Crippen molar-refractivity contribution in [3.8, 4) is 0 Å². The molecule has 0 aliphatic heterocycles. The molecule has 1 N–H and O–H groups in total. The van der Waals surface area contributed by atoms with Gasteiger partial charge in [-0.1, -0.05) is 12.8 Å². The third-order valence-corrected chi connectivity index (χ3v) is 3.06. The first-order valence-corrected chi connectivity index (χ1v) is 5.87. The lowest BCUT2D eigenvalue weighted by molar-refractivity contribution is -0.384. The molecular formula is C11H12F3N3O2. The highest BCUT2D eigenvalue weighted by Crippen LogP contribution is 2.33. The lowest BCUT2D eigenvalue weighted by Gasteiger charge is -2.14. The molecule has 0 radical (unpaired) electrons. The number of nitro groups is 1. The van der Waals surface area contributed by atoms with Gasteiger partial charge in [0.2, 0.25) is 5.82 Å². The second-order valence-corrected chi connectivity index (χ2v) is 4.44. The third-order valence-electron chi connectivity index (χ3n) is 3.06. The molecule has 1 aromatic heterocycles. The van der Waals surface area contributed by atoms with Crippen molar-refractivity contribution >= 4 is 11.5 Å². The molecular weight excluding hydrogens is 263 g/mol. The molecule has 0 atom stereocenters. The lowest BCUT2D eigenvalue weighted by Crippen LogP contribution is -2.18. The van der Waals surface area contributed by atoms with E-state index >= 15 is 0 Å². The summed E-state index contributed by atoms with van der Waals surface area (Å²) in [6, 6.07) is 1.42. The van der Waals surface area contributed by atoms with Crippen molar-refractivity contribution < 1.29 is 18.1 Å². The van der Waals surface area contributed by atoms with Crippen LogP contribution >= 0.6 is 0 Å². The molecule has 0 saturated heterocycles. The van der Waals surface area contributed by atoms with Crippen LogP contribution in [-0.2, 0) is 6.18 Å². The Kier molecular flexibility index (Phi) is 3.59. The van der Waals surface area contributed by atoms with Crippen LogP contribution in [0.1, 0.15) is 31.4 Å². The molecule has 1 aromatic rings. The van der Waals surface area contributed by atoms with Gasteiger partial charge in [-0.25, -0.2) is 4.98 Å². The first-order chi connectivity index (χ1) is 8.88. The van der Waals surface area contributed by atoms with Gasteiger partial charge in [0.05, 0.1) is 4.92 Å². The van der Waals surface area contributed by atoms with Crippen LogP contribution in [0.25, 0.3) is 0 Å². The highest BCUT2D eigenvalue weighted by molar-refractivity contribution is 5.57. The van der Waals surface area contributed by atoms with Crippen LogP contribution in [0.5, 0.6) is 0 Å². The first kappa shape index (κ1) is 13.6. The van der Waals surface area contributed by atoms with Crippen molar-refractivity contribution in [3.63, 3.8) is 0 Å². The monoisotopic (exact) mass is 275 g/mol. The van der Waals surface area contributed by atoms with Gasteiger partial charge in [0.25, 0.3) is 0 Å². The molecule has 0 aromatic carbocycles. The average molecular weight is 275 g/mol. The van der Waals surface area contributed by atoms with E-state index in [1.807, 2.05) is 0 Å². The third kappa shape index (κ3) is 3.12. The zero-order valence-electron chi connectivity index (χ0n) is 9.91. The van der Waals surface area contributed by atoms with E-state index in [1.54, 1.807) is 0 Å². The second-order valence-electron chi connectivity index (χ2n) is 4.44. The minimum atomic E-state index is -4.61. The Morgan fingerprint density at radius 3 is 2.47 bits per heavy atom. The van der Waals surface area contributed by atoms with Gasteiger partial charge < -0.3 is 5.32 Å². The summed E-state index contributed by atoms with van der Waals surface area (Å²) < 4.78 is 37.7. The van der Waals surface area contributed by atoms with E-state index in [0.717, 1.165) is 31.7 Å². The van der Waals surface area contributed by atoms with Crippen LogP contribution in [0.2, 0.25) is 0 Å². The number of halogens is 3. The number of hydrogen-bond acceptors (Lipinski definition) is 4. The number of pyridine rings is 1. The zero-order valence-corrected chi connectivity index (χ0v) is 9.91. The normalized spacial score (nSPS) is 16.6. The van der Waals surface area contributed by atoms with E-state index in [4.69, 9.17) is 0 Å². The van der Waals surface area contributed by atoms with Crippen molar-refractivity contribution in [1.29, 1.82) is 0 Å². The van der Waals surface area contributed by atoms with Gasteiger partial charge in [-0.3, -0.25) is 10.1 Å². The van der Waals surface area contributed by atoms with Crippen LogP contribution in [-0.4, -0.2) is 15.9 Å². The topological polar surface area (TPSA) is 68.1 Å². The van der Waals surface area contributed by atoms with Crippen molar-refractivity contribution in [3.05, 3.63) is 27.9 Å². The Balaban J connectivity index is 2.32. The molecule has 1 fully saturated rings. The van der Waals surface area contributed by atoms with Gasteiger partial charge in [-0.2, -0.15) is 13.2 Å². The highest BCUT2D eigenvalue weighted by Gasteiger charge is 2.34. The largest absolute Gasteiger partial charge is 0.433 e. The minimum absolute atomic E-state index is 0.0466. The van der Waals surface area contributed by atoms with Crippen molar-refractivity contribution in [1.82, 2.24) is 4.98 Å². The van der Waals surface area contributed by atoms with Crippen LogP contribution in [0, 0.1) is 10.1 Å². The molecule has 0 unspecified atom stereocenters. The predicted molar refractivity (Wildman–Crippen MR) is 61.8 cm³/mol. The van der Waals surface area contributed by atoms with Crippen molar-refractivity contribution in [2.45, 2.75) is 37.9 Å². The molecule has 2 rings (SSSR count). The van der Waals surface area contributed by atoms with Gasteiger partial charge in [0.15, 0.2) is 0 Å². The van der Waals surface area contributed by atoms with E-state index in [0.29, 0.717) is 6.07 Å². The summed E-state index contributed by atoms with van der Waals surface area (Å²) >= 11 is 0. The highest BCUT2D eigenvalue weighted by atomic mass is 19.4. The lowest BCUT2D eigenvalue weighted by atomic mass is 10.2. The van der Waals surface area contributed by atoms with Gasteiger partial charge in [-0.15, -0.1) is 0 Å². The predicted octanol–water partition coefficient (Wildman–Crippen LogP) is 3.36. The van der Waals surface area contributed by atoms with Crippen molar-refractivity contribution in [2.24, 2.45) is 0 Å². The summed E-state index contributed by atoms with van der Waals surface area (Å²) in [4.78, 5) is 13.4. The summed E-state index contributed by atoms with van der Waals surface area (Å²) in [7, 11) is 0. The summed E-state index contributed by atoms with van der Waals surface area (Å²) in [6.45, 7) is 0. The number of alkyl halides is 3. The van der Waals surface area contributed by atoms with Crippen LogP contribution in [0.3, 0.4) is 0 Å². The number of anilines is 1. The van der Waals surface area contributed by atoms with E-state index < -0.39 is 22.5 Å². The van der Waals surface area contributed by atoms with Gasteiger partial charge >= 0.3 is 11.9 Å². The molecule has 1 aliphatic rings. The van der Waals surface area contributed by atoms with Crippen LogP contribution < -0.4 is 5.32 Å². The fraction of sp³-hybridized carbons (Fsp3) is 0.545. The molecule has 1 saturated carbocycles. The summed E-state index contributed by atoms with van der Waals surface area (Å²) in [5, 5.41) is 13.6. The number of aromatic nitrogens is 1. The quantitative estimate of drug-likeness (QED) is 0.678. The number of nitrogens with zero attached hydrogens (tertiary/aromatic N) is 2. The van der Waals surface area contributed by atoms with Crippen LogP contribution in [0.4, 0.5) is 24.7 Å². The number of rotatable bonds is 3. The molecule has 0 amide bonds. The Bertz CT molecular complexity index is 485. The minimum Gasteiger partial charge on any atom is -0.362 e. The summed E-state index contributed by atoms with van der Waals surface area (Å²) in [6.07, 6.45) is -1.11. The number of hydrogen-bond donors (Lipinski definition) is 1. The molecule has 0 spiro atoms.